The minimum Gasteiger partial charge on any atom is -0.494 e. The molecule has 0 aliphatic heterocycles. The Morgan fingerprint density at radius 1 is 1.05 bits per heavy atom. The molecule has 2 aromatic rings. The largest absolute Gasteiger partial charge is 0.494 e. The van der Waals surface area contributed by atoms with Crippen molar-refractivity contribution in [1.29, 1.82) is 0 Å². The highest BCUT2D eigenvalue weighted by molar-refractivity contribution is 5.83. The predicted molar refractivity (Wildman–Crippen MR) is 81.5 cm³/mol. The molecule has 0 spiro atoms. The molecule has 102 valence electrons. The first-order valence-electron chi connectivity index (χ1n) is 6.92. The van der Waals surface area contributed by atoms with E-state index in [1.54, 1.807) is 0 Å². The van der Waals surface area contributed by atoms with Gasteiger partial charge in [0.25, 0.3) is 0 Å². The molecule has 2 N–H and O–H groups in total. The van der Waals surface area contributed by atoms with Crippen molar-refractivity contribution in [2.24, 2.45) is 11.1 Å². The fourth-order valence-electron chi connectivity index (χ4n) is 2.10. The van der Waals surface area contributed by atoms with E-state index in [0.717, 1.165) is 31.7 Å². The molecule has 0 radical (unpaired) electrons. The number of rotatable bonds is 6. The zero-order valence-corrected chi connectivity index (χ0v) is 11.9. The zero-order chi connectivity index (χ0) is 13.7. The van der Waals surface area contributed by atoms with Crippen LogP contribution in [0.15, 0.2) is 42.5 Å². The van der Waals surface area contributed by atoms with E-state index < -0.39 is 0 Å². The Kier molecular flexibility index (Phi) is 4.43. The third-order valence-corrected chi connectivity index (χ3v) is 3.54. The normalized spacial score (nSPS) is 11.7. The van der Waals surface area contributed by atoms with Gasteiger partial charge in [0.2, 0.25) is 0 Å². The molecular formula is C17H23NO. The molecule has 0 heterocycles. The van der Waals surface area contributed by atoms with Crippen molar-refractivity contribution < 1.29 is 4.74 Å². The lowest BCUT2D eigenvalue weighted by Gasteiger charge is -2.21. The summed E-state index contributed by atoms with van der Waals surface area (Å²) in [5.74, 6) is 0.948. The van der Waals surface area contributed by atoms with Gasteiger partial charge in [-0.05, 0) is 47.7 Å². The summed E-state index contributed by atoms with van der Waals surface area (Å²) in [5, 5.41) is 2.47. The van der Waals surface area contributed by atoms with Crippen LogP contribution in [-0.2, 0) is 0 Å². The van der Waals surface area contributed by atoms with Crippen LogP contribution in [-0.4, -0.2) is 13.2 Å². The standard InChI is InChI=1S/C17H23NO/c1-17(2,13-18)10-5-11-19-16-9-8-14-6-3-4-7-15(14)12-16/h3-4,6-9,12H,5,10-11,13,18H2,1-2H3. The smallest absolute Gasteiger partial charge is 0.119 e. The highest BCUT2D eigenvalue weighted by Gasteiger charge is 2.14. The molecule has 0 saturated heterocycles. The van der Waals surface area contributed by atoms with E-state index in [0.29, 0.717) is 0 Å². The van der Waals surface area contributed by atoms with Crippen LogP contribution < -0.4 is 10.5 Å². The van der Waals surface area contributed by atoms with Crippen molar-refractivity contribution in [3.8, 4) is 5.75 Å². The highest BCUT2D eigenvalue weighted by atomic mass is 16.5. The van der Waals surface area contributed by atoms with Crippen molar-refractivity contribution in [2.75, 3.05) is 13.2 Å². The van der Waals surface area contributed by atoms with Crippen LogP contribution in [0.5, 0.6) is 5.75 Å². The van der Waals surface area contributed by atoms with Gasteiger partial charge in [-0.25, -0.2) is 0 Å². The molecule has 0 aromatic heterocycles. The second-order valence-corrected chi connectivity index (χ2v) is 5.83. The number of hydrogen-bond donors (Lipinski definition) is 1. The van der Waals surface area contributed by atoms with E-state index in [1.807, 2.05) is 6.07 Å². The van der Waals surface area contributed by atoms with Crippen molar-refractivity contribution in [2.45, 2.75) is 26.7 Å². The Morgan fingerprint density at radius 3 is 2.53 bits per heavy atom. The number of hydrogen-bond acceptors (Lipinski definition) is 2. The van der Waals surface area contributed by atoms with Crippen LogP contribution in [0.2, 0.25) is 0 Å². The third-order valence-electron chi connectivity index (χ3n) is 3.54. The first-order valence-corrected chi connectivity index (χ1v) is 6.92. The molecule has 0 atom stereocenters. The summed E-state index contributed by atoms with van der Waals surface area (Å²) in [6.07, 6.45) is 2.13. The minimum absolute atomic E-state index is 0.215. The number of benzene rings is 2. The molecule has 0 unspecified atom stereocenters. The molecular weight excluding hydrogens is 234 g/mol. The van der Waals surface area contributed by atoms with Crippen LogP contribution in [0.25, 0.3) is 10.8 Å². The maximum Gasteiger partial charge on any atom is 0.119 e. The molecule has 0 bridgehead atoms. The maximum atomic E-state index is 5.81. The van der Waals surface area contributed by atoms with Gasteiger partial charge in [0.15, 0.2) is 0 Å². The quantitative estimate of drug-likeness (QED) is 0.794. The van der Waals surface area contributed by atoms with Crippen molar-refractivity contribution in [3.63, 3.8) is 0 Å². The molecule has 2 heteroatoms. The Balaban J connectivity index is 1.88. The third kappa shape index (κ3) is 3.97. The Hall–Kier alpha value is -1.54. The van der Waals surface area contributed by atoms with Gasteiger partial charge in [0.05, 0.1) is 6.61 Å². The second kappa shape index (κ2) is 6.07. The lowest BCUT2D eigenvalue weighted by atomic mass is 9.88. The fourth-order valence-corrected chi connectivity index (χ4v) is 2.10. The Bertz CT molecular complexity index is 534. The fraction of sp³-hybridized carbons (Fsp3) is 0.412. The van der Waals surface area contributed by atoms with Gasteiger partial charge >= 0.3 is 0 Å². The van der Waals surface area contributed by atoms with Gasteiger partial charge < -0.3 is 10.5 Å². The predicted octanol–water partition coefficient (Wildman–Crippen LogP) is 3.98. The van der Waals surface area contributed by atoms with Crippen LogP contribution in [0.4, 0.5) is 0 Å². The topological polar surface area (TPSA) is 35.2 Å². The molecule has 19 heavy (non-hydrogen) atoms. The second-order valence-electron chi connectivity index (χ2n) is 5.83. The first-order chi connectivity index (χ1) is 9.11. The van der Waals surface area contributed by atoms with E-state index in [2.05, 4.69) is 50.2 Å². The molecule has 0 amide bonds. The van der Waals surface area contributed by atoms with Gasteiger partial charge in [-0.3, -0.25) is 0 Å². The maximum absolute atomic E-state index is 5.81. The lowest BCUT2D eigenvalue weighted by Crippen LogP contribution is -2.23. The van der Waals surface area contributed by atoms with E-state index >= 15 is 0 Å². The van der Waals surface area contributed by atoms with Gasteiger partial charge in [0.1, 0.15) is 5.75 Å². The average Bonchev–Trinajstić information content (AvgIpc) is 2.43. The summed E-state index contributed by atoms with van der Waals surface area (Å²) in [6.45, 7) is 5.87. The van der Waals surface area contributed by atoms with E-state index in [-0.39, 0.29) is 5.41 Å². The van der Waals surface area contributed by atoms with Gasteiger partial charge in [-0.2, -0.15) is 0 Å². The highest BCUT2D eigenvalue weighted by Crippen LogP contribution is 2.22. The van der Waals surface area contributed by atoms with E-state index in [1.165, 1.54) is 10.8 Å². The van der Waals surface area contributed by atoms with Gasteiger partial charge in [-0.15, -0.1) is 0 Å². The molecule has 2 nitrogen and oxygen atoms in total. The summed E-state index contributed by atoms with van der Waals surface area (Å²) in [4.78, 5) is 0. The summed E-state index contributed by atoms with van der Waals surface area (Å²) < 4.78 is 5.81. The summed E-state index contributed by atoms with van der Waals surface area (Å²) >= 11 is 0. The SMILES string of the molecule is CC(C)(CN)CCCOc1ccc2ccccc2c1. The number of ether oxygens (including phenoxy) is 1. The molecule has 2 rings (SSSR count). The van der Waals surface area contributed by atoms with E-state index in [9.17, 15) is 0 Å². The molecule has 0 fully saturated rings. The molecule has 0 aliphatic rings. The lowest BCUT2D eigenvalue weighted by molar-refractivity contribution is 0.261. The summed E-state index contributed by atoms with van der Waals surface area (Å²) in [6, 6.07) is 14.6. The first kappa shape index (κ1) is 13.9. The monoisotopic (exact) mass is 257 g/mol. The van der Waals surface area contributed by atoms with Crippen molar-refractivity contribution in [3.05, 3.63) is 42.5 Å². The number of fused-ring (bicyclic) bond motifs is 1. The Morgan fingerprint density at radius 2 is 1.79 bits per heavy atom. The van der Waals surface area contributed by atoms with Crippen LogP contribution in [0.1, 0.15) is 26.7 Å². The van der Waals surface area contributed by atoms with Crippen LogP contribution in [0, 0.1) is 5.41 Å². The average molecular weight is 257 g/mol. The molecule has 2 aromatic carbocycles. The summed E-state index contributed by atoms with van der Waals surface area (Å²) in [5.41, 5.74) is 5.94. The zero-order valence-electron chi connectivity index (χ0n) is 11.9. The van der Waals surface area contributed by atoms with Crippen LogP contribution >= 0.6 is 0 Å². The molecule has 0 saturated carbocycles. The minimum atomic E-state index is 0.215. The van der Waals surface area contributed by atoms with Crippen molar-refractivity contribution in [1.82, 2.24) is 0 Å². The van der Waals surface area contributed by atoms with Crippen molar-refractivity contribution >= 4 is 10.8 Å². The van der Waals surface area contributed by atoms with Crippen LogP contribution in [0.3, 0.4) is 0 Å². The molecule has 0 aliphatic carbocycles. The van der Waals surface area contributed by atoms with Gasteiger partial charge in [-0.1, -0.05) is 44.2 Å². The van der Waals surface area contributed by atoms with Gasteiger partial charge in [0, 0.05) is 0 Å². The number of nitrogens with two attached hydrogens (primary N) is 1. The Labute approximate surface area is 115 Å². The summed E-state index contributed by atoms with van der Waals surface area (Å²) in [7, 11) is 0. The van der Waals surface area contributed by atoms with E-state index in [4.69, 9.17) is 10.5 Å².